The lowest BCUT2D eigenvalue weighted by Crippen LogP contribution is -2.50. The third-order valence-corrected chi connectivity index (χ3v) is 9.49. The van der Waals surface area contributed by atoms with E-state index in [1.807, 2.05) is 19.1 Å². The summed E-state index contributed by atoms with van der Waals surface area (Å²) in [6.07, 6.45) is 0. The highest BCUT2D eigenvalue weighted by Crippen LogP contribution is 2.31. The van der Waals surface area contributed by atoms with Crippen molar-refractivity contribution in [1.82, 2.24) is 8.61 Å². The van der Waals surface area contributed by atoms with Crippen molar-refractivity contribution in [2.45, 2.75) is 30.6 Å². The number of hydrogen-bond donors (Lipinski definition) is 0. The van der Waals surface area contributed by atoms with Gasteiger partial charge in [-0.15, -0.1) is 0 Å². The van der Waals surface area contributed by atoms with Gasteiger partial charge in [0.2, 0.25) is 20.0 Å². The van der Waals surface area contributed by atoms with Crippen LogP contribution in [0.1, 0.15) is 16.7 Å². The van der Waals surface area contributed by atoms with Gasteiger partial charge in [0.25, 0.3) is 0 Å². The second kappa shape index (κ2) is 8.78. The van der Waals surface area contributed by atoms with Gasteiger partial charge in [-0.3, -0.25) is 0 Å². The average molecular weight is 469 g/mol. The van der Waals surface area contributed by atoms with Crippen molar-refractivity contribution in [2.24, 2.45) is 0 Å². The lowest BCUT2D eigenvalue weighted by molar-refractivity contribution is 0.272. The van der Waals surface area contributed by atoms with E-state index in [0.29, 0.717) is 27.5 Å². The predicted molar refractivity (Wildman–Crippen MR) is 118 cm³/mol. The SMILES string of the molecule is COc1ccc(S(=O)(=O)N2CCN(S(=O)(=O)c3c(C)cc(C)cc3C)CC2)cc1OC. The van der Waals surface area contributed by atoms with Crippen LogP contribution in [0, 0.1) is 20.8 Å². The van der Waals surface area contributed by atoms with Crippen LogP contribution in [-0.2, 0) is 20.0 Å². The largest absolute Gasteiger partial charge is 0.493 e. The number of methoxy groups -OCH3 is 2. The van der Waals surface area contributed by atoms with Gasteiger partial charge in [-0.05, 0) is 44.0 Å². The first-order valence-electron chi connectivity index (χ1n) is 9.82. The van der Waals surface area contributed by atoms with E-state index in [9.17, 15) is 16.8 Å². The maximum atomic E-state index is 13.2. The molecule has 0 unspecified atom stereocenters. The first-order chi connectivity index (χ1) is 14.5. The summed E-state index contributed by atoms with van der Waals surface area (Å²) >= 11 is 0. The summed E-state index contributed by atoms with van der Waals surface area (Å²) in [5.41, 5.74) is 2.38. The fraction of sp³-hybridized carbons (Fsp3) is 0.429. The molecule has 0 amide bonds. The predicted octanol–water partition coefficient (Wildman–Crippen LogP) is 2.32. The third-order valence-electron chi connectivity index (χ3n) is 5.39. The Morgan fingerprint density at radius 1 is 0.710 bits per heavy atom. The molecule has 10 heteroatoms. The molecule has 2 aromatic rings. The summed E-state index contributed by atoms with van der Waals surface area (Å²) in [7, 11) is -4.60. The number of ether oxygens (including phenoxy) is 2. The number of piperazine rings is 1. The monoisotopic (exact) mass is 468 g/mol. The quantitative estimate of drug-likeness (QED) is 0.646. The summed E-state index contributed by atoms with van der Waals surface area (Å²) in [6.45, 7) is 5.80. The molecule has 31 heavy (non-hydrogen) atoms. The van der Waals surface area contributed by atoms with Crippen LogP contribution >= 0.6 is 0 Å². The molecule has 1 aliphatic rings. The second-order valence-electron chi connectivity index (χ2n) is 7.55. The molecule has 1 saturated heterocycles. The molecule has 0 atom stereocenters. The highest BCUT2D eigenvalue weighted by Gasteiger charge is 2.35. The Bertz CT molecular complexity index is 1160. The number of nitrogens with zero attached hydrogens (tertiary/aromatic N) is 2. The van der Waals surface area contributed by atoms with E-state index >= 15 is 0 Å². The molecule has 0 aliphatic carbocycles. The van der Waals surface area contributed by atoms with Crippen LogP contribution in [0.15, 0.2) is 40.1 Å². The Morgan fingerprint density at radius 2 is 1.19 bits per heavy atom. The number of sulfonamides is 2. The number of hydrogen-bond acceptors (Lipinski definition) is 6. The first-order valence-corrected chi connectivity index (χ1v) is 12.7. The first kappa shape index (κ1) is 23.5. The van der Waals surface area contributed by atoms with E-state index < -0.39 is 20.0 Å². The van der Waals surface area contributed by atoms with Crippen LogP contribution in [0.4, 0.5) is 0 Å². The minimum atomic E-state index is -3.80. The molecular formula is C21H28N2O6S2. The smallest absolute Gasteiger partial charge is 0.243 e. The van der Waals surface area contributed by atoms with Crippen molar-refractivity contribution in [2.75, 3.05) is 40.4 Å². The maximum absolute atomic E-state index is 13.2. The zero-order valence-electron chi connectivity index (χ0n) is 18.4. The van der Waals surface area contributed by atoms with Crippen molar-refractivity contribution in [3.05, 3.63) is 47.0 Å². The van der Waals surface area contributed by atoms with Gasteiger partial charge in [-0.2, -0.15) is 8.61 Å². The zero-order chi connectivity index (χ0) is 23.0. The molecule has 0 saturated carbocycles. The molecule has 1 fully saturated rings. The number of benzene rings is 2. The van der Waals surface area contributed by atoms with Gasteiger partial charge in [0.05, 0.1) is 24.0 Å². The Hall–Kier alpha value is -2.14. The highest BCUT2D eigenvalue weighted by atomic mass is 32.2. The lowest BCUT2D eigenvalue weighted by Gasteiger charge is -2.34. The molecule has 3 rings (SSSR count). The zero-order valence-corrected chi connectivity index (χ0v) is 20.0. The van der Waals surface area contributed by atoms with E-state index in [2.05, 4.69) is 0 Å². The molecule has 170 valence electrons. The normalized spacial score (nSPS) is 16.3. The van der Waals surface area contributed by atoms with Crippen molar-refractivity contribution < 1.29 is 26.3 Å². The van der Waals surface area contributed by atoms with Crippen LogP contribution in [0.3, 0.4) is 0 Å². The van der Waals surface area contributed by atoms with E-state index in [0.717, 1.165) is 5.56 Å². The number of aryl methyl sites for hydroxylation is 3. The van der Waals surface area contributed by atoms with E-state index in [-0.39, 0.29) is 31.1 Å². The Kier molecular flexibility index (Phi) is 6.66. The van der Waals surface area contributed by atoms with Gasteiger partial charge in [-0.25, -0.2) is 16.8 Å². The topological polar surface area (TPSA) is 93.2 Å². The second-order valence-corrected chi connectivity index (χ2v) is 11.4. The summed E-state index contributed by atoms with van der Waals surface area (Å²) in [5, 5.41) is 0. The molecule has 2 aromatic carbocycles. The molecule has 1 aliphatic heterocycles. The summed E-state index contributed by atoms with van der Waals surface area (Å²) in [6, 6.07) is 8.10. The standard InChI is InChI=1S/C21H28N2O6S2/c1-15-12-16(2)21(17(3)13-15)31(26,27)23-10-8-22(9-11-23)30(24,25)18-6-7-19(28-4)20(14-18)29-5/h6-7,12-14H,8-11H2,1-5H3. The van der Waals surface area contributed by atoms with Gasteiger partial charge in [-0.1, -0.05) is 17.7 Å². The molecule has 0 radical (unpaired) electrons. The van der Waals surface area contributed by atoms with Crippen LogP contribution in [0.5, 0.6) is 11.5 Å². The molecule has 0 spiro atoms. The van der Waals surface area contributed by atoms with E-state index in [1.165, 1.54) is 41.0 Å². The van der Waals surface area contributed by atoms with Crippen LogP contribution in [0.2, 0.25) is 0 Å². The molecule has 0 aromatic heterocycles. The third kappa shape index (κ3) is 4.43. The van der Waals surface area contributed by atoms with Crippen molar-refractivity contribution in [1.29, 1.82) is 0 Å². The maximum Gasteiger partial charge on any atom is 0.243 e. The molecule has 8 nitrogen and oxygen atoms in total. The van der Waals surface area contributed by atoms with Gasteiger partial charge >= 0.3 is 0 Å². The minimum absolute atomic E-state index is 0.0693. The highest BCUT2D eigenvalue weighted by molar-refractivity contribution is 7.89. The summed E-state index contributed by atoms with van der Waals surface area (Å²) < 4.78 is 65.7. The van der Waals surface area contributed by atoms with Crippen LogP contribution in [0.25, 0.3) is 0 Å². The summed E-state index contributed by atoms with van der Waals surface area (Å²) in [4.78, 5) is 0.376. The molecule has 0 bridgehead atoms. The van der Waals surface area contributed by atoms with Gasteiger partial charge < -0.3 is 9.47 Å². The van der Waals surface area contributed by atoms with E-state index in [1.54, 1.807) is 13.8 Å². The van der Waals surface area contributed by atoms with Crippen LogP contribution < -0.4 is 9.47 Å². The van der Waals surface area contributed by atoms with Gasteiger partial charge in [0.1, 0.15) is 0 Å². The molecule has 0 N–H and O–H groups in total. The Labute approximate surface area is 184 Å². The summed E-state index contributed by atoms with van der Waals surface area (Å²) in [5.74, 6) is 0.747. The Balaban J connectivity index is 1.82. The van der Waals surface area contributed by atoms with E-state index in [4.69, 9.17) is 9.47 Å². The average Bonchev–Trinajstić information content (AvgIpc) is 2.72. The Morgan fingerprint density at radius 3 is 1.68 bits per heavy atom. The van der Waals surface area contributed by atoms with Crippen molar-refractivity contribution in [3.63, 3.8) is 0 Å². The van der Waals surface area contributed by atoms with Crippen molar-refractivity contribution >= 4 is 20.0 Å². The van der Waals surface area contributed by atoms with Crippen molar-refractivity contribution in [3.8, 4) is 11.5 Å². The van der Waals surface area contributed by atoms with Gasteiger partial charge in [0.15, 0.2) is 11.5 Å². The van der Waals surface area contributed by atoms with Gasteiger partial charge in [0, 0.05) is 32.2 Å². The minimum Gasteiger partial charge on any atom is -0.493 e. The number of rotatable bonds is 6. The fourth-order valence-corrected chi connectivity index (χ4v) is 7.25. The fourth-order valence-electron chi connectivity index (χ4n) is 3.98. The molecular weight excluding hydrogens is 440 g/mol. The van der Waals surface area contributed by atoms with Crippen LogP contribution in [-0.4, -0.2) is 65.8 Å². The lowest BCUT2D eigenvalue weighted by atomic mass is 10.1. The molecule has 1 heterocycles.